The molecule has 35 heavy (non-hydrogen) atoms. The van der Waals surface area contributed by atoms with E-state index in [2.05, 4.69) is 22.8 Å². The minimum atomic E-state index is -0.837. The first kappa shape index (κ1) is 24.7. The lowest BCUT2D eigenvalue weighted by Crippen LogP contribution is -2.51. The van der Waals surface area contributed by atoms with Crippen molar-refractivity contribution in [1.82, 2.24) is 10.6 Å². The Morgan fingerprint density at radius 2 is 1.69 bits per heavy atom. The maximum atomic E-state index is 12.9. The van der Waals surface area contributed by atoms with Crippen molar-refractivity contribution in [3.05, 3.63) is 59.7 Å². The number of hydrogen-bond acceptors (Lipinski definition) is 5. The SMILES string of the molecule is COCCC(NC(=O)OCC1c2ccccc2-c2ccccc21)C(=O)NC1CCCC(C(=O)O)C1. The first-order valence-corrected chi connectivity index (χ1v) is 12.1. The van der Waals surface area contributed by atoms with Crippen LogP contribution in [0.5, 0.6) is 0 Å². The van der Waals surface area contributed by atoms with Crippen LogP contribution in [0.4, 0.5) is 4.79 Å². The van der Waals surface area contributed by atoms with Crippen LogP contribution >= 0.6 is 0 Å². The Morgan fingerprint density at radius 3 is 2.31 bits per heavy atom. The number of methoxy groups -OCH3 is 1. The van der Waals surface area contributed by atoms with Gasteiger partial charge in [-0.1, -0.05) is 55.0 Å². The molecule has 0 spiro atoms. The molecule has 0 heterocycles. The van der Waals surface area contributed by atoms with Crippen molar-refractivity contribution in [3.63, 3.8) is 0 Å². The summed E-state index contributed by atoms with van der Waals surface area (Å²) >= 11 is 0. The molecule has 186 valence electrons. The van der Waals surface area contributed by atoms with E-state index in [-0.39, 0.29) is 37.5 Å². The molecule has 4 rings (SSSR count). The molecule has 3 N–H and O–H groups in total. The average Bonchev–Trinajstić information content (AvgIpc) is 3.19. The molecule has 1 fully saturated rings. The number of carboxylic acid groups (broad SMARTS) is 1. The third-order valence-electron chi connectivity index (χ3n) is 6.93. The summed E-state index contributed by atoms with van der Waals surface area (Å²) in [6.45, 7) is 0.436. The number of rotatable bonds is 9. The van der Waals surface area contributed by atoms with Crippen LogP contribution in [-0.2, 0) is 19.1 Å². The zero-order valence-electron chi connectivity index (χ0n) is 19.9. The summed E-state index contributed by atoms with van der Waals surface area (Å²) in [5.74, 6) is -1.72. The Morgan fingerprint density at radius 1 is 1.03 bits per heavy atom. The minimum absolute atomic E-state index is 0.0745. The average molecular weight is 481 g/mol. The zero-order valence-corrected chi connectivity index (χ0v) is 19.9. The van der Waals surface area contributed by atoms with Crippen LogP contribution in [0.25, 0.3) is 11.1 Å². The normalized spacial score (nSPS) is 19.8. The van der Waals surface area contributed by atoms with E-state index in [1.165, 1.54) is 7.11 Å². The lowest BCUT2D eigenvalue weighted by atomic mass is 9.85. The van der Waals surface area contributed by atoms with E-state index in [9.17, 15) is 19.5 Å². The van der Waals surface area contributed by atoms with Gasteiger partial charge in [-0.25, -0.2) is 4.79 Å². The lowest BCUT2D eigenvalue weighted by Gasteiger charge is -2.29. The molecule has 1 saturated carbocycles. The third kappa shape index (κ3) is 5.82. The van der Waals surface area contributed by atoms with E-state index < -0.39 is 24.0 Å². The second kappa shape index (κ2) is 11.4. The van der Waals surface area contributed by atoms with Crippen molar-refractivity contribution in [2.75, 3.05) is 20.3 Å². The summed E-state index contributed by atoms with van der Waals surface area (Å²) in [7, 11) is 1.53. The fourth-order valence-electron chi connectivity index (χ4n) is 5.13. The summed E-state index contributed by atoms with van der Waals surface area (Å²) in [5.41, 5.74) is 4.50. The Labute approximate surface area is 205 Å². The monoisotopic (exact) mass is 480 g/mol. The van der Waals surface area contributed by atoms with Crippen LogP contribution in [0.15, 0.2) is 48.5 Å². The van der Waals surface area contributed by atoms with Crippen molar-refractivity contribution in [2.45, 2.75) is 50.1 Å². The first-order valence-electron chi connectivity index (χ1n) is 12.1. The molecule has 3 atom stereocenters. The van der Waals surface area contributed by atoms with Gasteiger partial charge in [0.25, 0.3) is 0 Å². The van der Waals surface area contributed by atoms with Gasteiger partial charge in [-0.2, -0.15) is 0 Å². The van der Waals surface area contributed by atoms with Gasteiger partial charge in [0.1, 0.15) is 12.6 Å². The molecular formula is C27H32N2O6. The predicted molar refractivity (Wildman–Crippen MR) is 130 cm³/mol. The molecule has 0 aliphatic heterocycles. The van der Waals surface area contributed by atoms with Gasteiger partial charge >= 0.3 is 12.1 Å². The van der Waals surface area contributed by atoms with Crippen LogP contribution in [-0.4, -0.2) is 55.5 Å². The smallest absolute Gasteiger partial charge is 0.407 e. The highest BCUT2D eigenvalue weighted by Crippen LogP contribution is 2.44. The standard InChI is InChI=1S/C27H32N2O6/c1-34-14-13-24(25(30)28-18-8-6-7-17(15-18)26(31)32)29-27(33)35-16-23-21-11-4-2-9-19(21)20-10-3-5-12-22(20)23/h2-5,9-12,17-18,23-24H,6-8,13-16H2,1H3,(H,28,30)(H,29,33)(H,31,32). The summed E-state index contributed by atoms with van der Waals surface area (Å²) in [5, 5.41) is 14.9. The third-order valence-corrected chi connectivity index (χ3v) is 6.93. The number of ether oxygens (including phenoxy) is 2. The second-order valence-corrected chi connectivity index (χ2v) is 9.21. The largest absolute Gasteiger partial charge is 0.481 e. The van der Waals surface area contributed by atoms with Crippen molar-refractivity contribution in [1.29, 1.82) is 0 Å². The highest BCUT2D eigenvalue weighted by Gasteiger charge is 2.32. The predicted octanol–water partition coefficient (Wildman–Crippen LogP) is 3.69. The van der Waals surface area contributed by atoms with Gasteiger partial charge in [0.05, 0.1) is 5.92 Å². The fraction of sp³-hybridized carbons (Fsp3) is 0.444. The number of nitrogens with one attached hydrogen (secondary N) is 2. The zero-order chi connectivity index (χ0) is 24.8. The Hall–Kier alpha value is -3.39. The second-order valence-electron chi connectivity index (χ2n) is 9.21. The maximum Gasteiger partial charge on any atom is 0.407 e. The fourth-order valence-corrected chi connectivity index (χ4v) is 5.13. The summed E-state index contributed by atoms with van der Waals surface area (Å²) in [6.07, 6.45) is 2.08. The molecule has 0 aromatic heterocycles. The molecule has 2 aromatic carbocycles. The number of amides is 2. The maximum absolute atomic E-state index is 12.9. The quantitative estimate of drug-likeness (QED) is 0.504. The van der Waals surface area contributed by atoms with E-state index in [0.29, 0.717) is 12.8 Å². The van der Waals surface area contributed by atoms with Gasteiger partial charge in [0.15, 0.2) is 0 Å². The van der Waals surface area contributed by atoms with E-state index in [1.807, 2.05) is 36.4 Å². The molecule has 8 heteroatoms. The van der Waals surface area contributed by atoms with Gasteiger partial charge in [-0.05, 0) is 41.5 Å². The van der Waals surface area contributed by atoms with Crippen molar-refractivity contribution in [2.24, 2.45) is 5.92 Å². The molecule has 0 radical (unpaired) electrons. The Balaban J connectivity index is 1.36. The summed E-state index contributed by atoms with van der Waals surface area (Å²) < 4.78 is 10.7. The number of fused-ring (bicyclic) bond motifs is 3. The highest BCUT2D eigenvalue weighted by molar-refractivity contribution is 5.86. The molecule has 2 aliphatic rings. The van der Waals surface area contributed by atoms with Gasteiger partial charge in [0.2, 0.25) is 5.91 Å². The summed E-state index contributed by atoms with van der Waals surface area (Å²) in [4.78, 5) is 37.0. The van der Waals surface area contributed by atoms with Crippen LogP contribution in [0.2, 0.25) is 0 Å². The van der Waals surface area contributed by atoms with E-state index in [4.69, 9.17) is 9.47 Å². The van der Waals surface area contributed by atoms with Gasteiger partial charge in [-0.3, -0.25) is 9.59 Å². The van der Waals surface area contributed by atoms with Crippen LogP contribution in [0.3, 0.4) is 0 Å². The first-order chi connectivity index (χ1) is 17.0. The van der Waals surface area contributed by atoms with Crippen molar-refractivity contribution >= 4 is 18.0 Å². The van der Waals surface area contributed by atoms with Crippen molar-refractivity contribution < 1.29 is 29.0 Å². The number of benzene rings is 2. The van der Waals surface area contributed by atoms with Crippen molar-refractivity contribution in [3.8, 4) is 11.1 Å². The Bertz CT molecular complexity index is 1030. The molecule has 0 bridgehead atoms. The van der Waals surface area contributed by atoms with Gasteiger partial charge in [0, 0.05) is 32.1 Å². The molecule has 2 aliphatic carbocycles. The minimum Gasteiger partial charge on any atom is -0.481 e. The lowest BCUT2D eigenvalue weighted by molar-refractivity contribution is -0.143. The molecule has 3 unspecified atom stereocenters. The highest BCUT2D eigenvalue weighted by atomic mass is 16.5. The number of hydrogen-bond donors (Lipinski definition) is 3. The summed E-state index contributed by atoms with van der Waals surface area (Å²) in [6, 6.07) is 15.1. The van der Waals surface area contributed by atoms with Gasteiger partial charge < -0.3 is 25.2 Å². The molecule has 8 nitrogen and oxygen atoms in total. The van der Waals surface area contributed by atoms with Crippen LogP contribution < -0.4 is 10.6 Å². The molecule has 0 saturated heterocycles. The number of carboxylic acids is 1. The van der Waals surface area contributed by atoms with E-state index in [1.54, 1.807) is 0 Å². The molecule has 2 aromatic rings. The van der Waals surface area contributed by atoms with E-state index >= 15 is 0 Å². The van der Waals surface area contributed by atoms with E-state index in [0.717, 1.165) is 35.1 Å². The Kier molecular flexibility index (Phi) is 8.02. The number of carbonyl (C=O) groups is 3. The number of aliphatic carboxylic acids is 1. The number of carbonyl (C=O) groups excluding carboxylic acids is 2. The number of alkyl carbamates (subject to hydrolysis) is 1. The topological polar surface area (TPSA) is 114 Å². The molecule has 2 amide bonds. The van der Waals surface area contributed by atoms with Gasteiger partial charge in [-0.15, -0.1) is 0 Å². The molecular weight excluding hydrogens is 448 g/mol. The van der Waals surface area contributed by atoms with Crippen LogP contribution in [0, 0.1) is 5.92 Å². The van der Waals surface area contributed by atoms with Crippen LogP contribution in [0.1, 0.15) is 49.1 Å².